The molecule has 58 valence electrons. The Labute approximate surface area is 73.8 Å². The zero-order valence-corrected chi connectivity index (χ0v) is 6.96. The van der Waals surface area contributed by atoms with Gasteiger partial charge in [-0.25, -0.2) is 4.57 Å². The van der Waals surface area contributed by atoms with Crippen LogP contribution in [-0.2, 0) is 4.57 Å². The molecular formula is H4AlF3LiO4P. The van der Waals surface area contributed by atoms with Crippen molar-refractivity contribution in [1.29, 1.82) is 0 Å². The number of halogens is 3. The van der Waals surface area contributed by atoms with E-state index in [1.54, 1.807) is 0 Å². The fourth-order valence-corrected chi connectivity index (χ4v) is 0. The average Bonchev–Trinajstić information content (AvgIpc) is 1.19. The van der Waals surface area contributed by atoms with Gasteiger partial charge in [-0.2, -0.15) is 0 Å². The molecule has 0 aliphatic carbocycles. The minimum absolute atomic E-state index is 0. The summed E-state index contributed by atoms with van der Waals surface area (Å²) < 4.78 is 38.3. The van der Waals surface area contributed by atoms with Crippen LogP contribution in [0.25, 0.3) is 0 Å². The molecule has 10 heteroatoms. The van der Waals surface area contributed by atoms with Crippen molar-refractivity contribution in [1.82, 2.24) is 0 Å². The molecule has 10 heavy (non-hydrogen) atoms. The summed E-state index contributed by atoms with van der Waals surface area (Å²) >= 11 is -4.64. The van der Waals surface area contributed by atoms with Crippen molar-refractivity contribution in [3.05, 3.63) is 0 Å². The van der Waals surface area contributed by atoms with Crippen LogP contribution in [0.2, 0.25) is 0 Å². The van der Waals surface area contributed by atoms with E-state index in [1.165, 1.54) is 0 Å². The molecule has 0 bridgehead atoms. The fraction of sp³-hybridized carbons (Fsp3) is 0. The van der Waals surface area contributed by atoms with Gasteiger partial charge in [0, 0.05) is 0 Å². The third kappa shape index (κ3) is 549. The Bertz CT molecular complexity index is 96.5. The van der Waals surface area contributed by atoms with Crippen molar-refractivity contribution in [3.63, 3.8) is 0 Å². The van der Waals surface area contributed by atoms with Crippen molar-refractivity contribution in [2.45, 2.75) is 0 Å². The second-order valence-corrected chi connectivity index (χ2v) is 2.28. The van der Waals surface area contributed by atoms with Gasteiger partial charge in [-0.3, -0.25) is 0 Å². The number of hydrogen-bond donors (Lipinski definition) is 3. The smallest absolute Gasteiger partial charge is 1.00 e. The molecular weight excluding hydrogens is 186 g/mol. The zero-order chi connectivity index (χ0) is 8.08. The van der Waals surface area contributed by atoms with Crippen LogP contribution in [0, 0.1) is 0 Å². The van der Waals surface area contributed by atoms with Crippen LogP contribution in [0.5, 0.6) is 0 Å². The Hall–Kier alpha value is 1.03. The monoisotopic (exact) mass is 190 g/mol. The maximum Gasteiger partial charge on any atom is 1.04 e. The van der Waals surface area contributed by atoms with Crippen LogP contribution in [0.15, 0.2) is 0 Å². The van der Waals surface area contributed by atoms with Gasteiger partial charge >= 0.3 is 42.2 Å². The van der Waals surface area contributed by atoms with Gasteiger partial charge in [-0.05, 0) is 0 Å². The van der Waals surface area contributed by atoms with Crippen LogP contribution in [0.1, 0.15) is 1.43 Å². The molecule has 0 saturated carbocycles. The summed E-state index contributed by atoms with van der Waals surface area (Å²) in [5, 5.41) is 0. The van der Waals surface area contributed by atoms with E-state index >= 15 is 0 Å². The third-order valence-corrected chi connectivity index (χ3v) is 0. The minimum Gasteiger partial charge on any atom is -1.00 e. The molecule has 0 fully saturated rings. The van der Waals surface area contributed by atoms with E-state index in [2.05, 4.69) is 0 Å². The Morgan fingerprint density at radius 2 is 1.20 bits per heavy atom. The molecule has 0 heterocycles. The van der Waals surface area contributed by atoms with E-state index in [9.17, 15) is 10.6 Å². The maximum absolute atomic E-state index is 9.81. The first kappa shape index (κ1) is 17.2. The Kier molecular flexibility index (Phi) is 14.0. The number of phosphoric acid groups is 1. The second kappa shape index (κ2) is 8.13. The molecule has 0 aliphatic heterocycles. The fourth-order valence-electron chi connectivity index (χ4n) is 0. The minimum atomic E-state index is -4.64. The Morgan fingerprint density at radius 3 is 1.20 bits per heavy atom. The van der Waals surface area contributed by atoms with Gasteiger partial charge in [-0.1, -0.05) is 0 Å². The van der Waals surface area contributed by atoms with Gasteiger partial charge in [-0.15, -0.1) is 0 Å². The van der Waals surface area contributed by atoms with Crippen molar-refractivity contribution in [2.24, 2.45) is 0 Å². The molecule has 0 aromatic rings. The summed E-state index contributed by atoms with van der Waals surface area (Å²) in [6.45, 7) is 0. The summed E-state index contributed by atoms with van der Waals surface area (Å²) in [5.74, 6) is 0. The molecule has 0 spiro atoms. The third-order valence-electron chi connectivity index (χ3n) is 0. The average molecular weight is 190 g/mol. The first-order valence-electron chi connectivity index (χ1n) is 1.44. The van der Waals surface area contributed by atoms with E-state index in [1.807, 2.05) is 0 Å². The molecule has 0 amide bonds. The normalized spacial score (nSPS) is 8.60. The summed E-state index contributed by atoms with van der Waals surface area (Å²) in [7, 11) is -4.64. The van der Waals surface area contributed by atoms with E-state index in [0.717, 1.165) is 0 Å². The number of hydrogen-bond acceptors (Lipinski definition) is 1. The molecule has 0 atom stereocenters. The Balaban J connectivity index is -0.0000000383. The van der Waals surface area contributed by atoms with Crippen molar-refractivity contribution in [2.75, 3.05) is 0 Å². The number of rotatable bonds is 0. The topological polar surface area (TPSA) is 77.8 Å². The predicted octanol–water partition coefficient (Wildman–Crippen LogP) is -2.93. The van der Waals surface area contributed by atoms with E-state index in [4.69, 9.17) is 19.2 Å². The molecule has 0 aliphatic rings. The SMILES string of the molecule is O=P(O)(O)O.[F][Al]([F])[F].[H-].[Li+]. The largest absolute Gasteiger partial charge is 1.04 e. The summed E-state index contributed by atoms with van der Waals surface area (Å²) in [6.07, 6.45) is 0. The molecule has 0 aromatic carbocycles. The summed E-state index contributed by atoms with van der Waals surface area (Å²) in [4.78, 5) is 21.6. The van der Waals surface area contributed by atoms with Crippen molar-refractivity contribution < 1.29 is 50.1 Å². The van der Waals surface area contributed by atoms with Crippen LogP contribution in [-0.4, -0.2) is 30.2 Å². The molecule has 0 rings (SSSR count). The molecule has 4 nitrogen and oxygen atoms in total. The van der Waals surface area contributed by atoms with E-state index < -0.39 is 23.4 Å². The molecule has 0 saturated heterocycles. The van der Waals surface area contributed by atoms with Crippen LogP contribution in [0.3, 0.4) is 0 Å². The van der Waals surface area contributed by atoms with E-state index in [-0.39, 0.29) is 20.3 Å². The van der Waals surface area contributed by atoms with Crippen LogP contribution >= 0.6 is 7.82 Å². The van der Waals surface area contributed by atoms with Crippen LogP contribution in [0.4, 0.5) is 10.6 Å². The van der Waals surface area contributed by atoms with Crippen molar-refractivity contribution in [3.8, 4) is 0 Å². The summed E-state index contributed by atoms with van der Waals surface area (Å²) in [5.41, 5.74) is 0. The van der Waals surface area contributed by atoms with Gasteiger partial charge in [0.25, 0.3) is 0 Å². The molecule has 3 N–H and O–H groups in total. The van der Waals surface area contributed by atoms with Gasteiger partial charge in [0.2, 0.25) is 0 Å². The quantitative estimate of drug-likeness (QED) is 0.282. The first-order chi connectivity index (χ1) is 3.73. The van der Waals surface area contributed by atoms with Gasteiger partial charge in [0.1, 0.15) is 0 Å². The van der Waals surface area contributed by atoms with Gasteiger partial charge in [0.05, 0.1) is 0 Å². The van der Waals surface area contributed by atoms with Gasteiger partial charge in [0.15, 0.2) is 0 Å². The van der Waals surface area contributed by atoms with Gasteiger partial charge < -0.3 is 26.7 Å². The molecule has 0 aromatic heterocycles. The first-order valence-corrected chi connectivity index (χ1v) is 4.31. The zero-order valence-electron chi connectivity index (χ0n) is 5.91. The summed E-state index contributed by atoms with van der Waals surface area (Å²) in [6, 6.07) is 0. The second-order valence-electron chi connectivity index (χ2n) is 0.761. The molecule has 0 radical (unpaired) electrons. The van der Waals surface area contributed by atoms with E-state index in [0.29, 0.717) is 0 Å². The van der Waals surface area contributed by atoms with Crippen molar-refractivity contribution >= 4 is 23.4 Å². The Morgan fingerprint density at radius 1 is 1.20 bits per heavy atom. The predicted molar refractivity (Wildman–Crippen MR) is 24.5 cm³/mol. The molecule has 0 unspecified atom stereocenters. The van der Waals surface area contributed by atoms with Crippen LogP contribution < -0.4 is 18.9 Å². The maximum atomic E-state index is 9.81. The standard InChI is InChI=1S/Al.3FH.Li.H3O4P.H/c;;;;;1-5(2,3)4;/h;3*1H;;(H3,1,2,3,4);/q+3;;;;+1;;-1/p-3.